The van der Waals surface area contributed by atoms with E-state index in [1.165, 1.54) is 0 Å². The molecule has 0 aliphatic rings. The van der Waals surface area contributed by atoms with Gasteiger partial charge in [-0.25, -0.2) is 0 Å². The minimum Gasteiger partial charge on any atom is -0.370 e. The molecule has 0 radical (unpaired) electrons. The van der Waals surface area contributed by atoms with Gasteiger partial charge < -0.3 is 5.73 Å². The van der Waals surface area contributed by atoms with Crippen molar-refractivity contribution in [1.82, 2.24) is 0 Å². The molecule has 0 aliphatic carbocycles. The van der Waals surface area contributed by atoms with Crippen molar-refractivity contribution in [2.75, 3.05) is 0 Å². The molecule has 0 aromatic heterocycles. The molecule has 0 aromatic rings. The number of ketones is 1. The van der Waals surface area contributed by atoms with Gasteiger partial charge in [0.15, 0.2) is 0 Å². The van der Waals surface area contributed by atoms with Gasteiger partial charge in [0.1, 0.15) is 5.78 Å². The van der Waals surface area contributed by atoms with Crippen LogP contribution in [-0.4, -0.2) is 11.7 Å². The summed E-state index contributed by atoms with van der Waals surface area (Å²) in [5.74, 6) is 0.180. The molecule has 0 saturated heterocycles. The van der Waals surface area contributed by atoms with Crippen molar-refractivity contribution in [2.45, 2.75) is 40.0 Å². The van der Waals surface area contributed by atoms with E-state index >= 15 is 0 Å². The van der Waals surface area contributed by atoms with Crippen LogP contribution in [0.5, 0.6) is 0 Å². The molecule has 13 heavy (non-hydrogen) atoms. The molecule has 76 valence electrons. The maximum absolute atomic E-state index is 11.2. The summed E-state index contributed by atoms with van der Waals surface area (Å²) in [5, 5.41) is 0. The lowest BCUT2D eigenvalue weighted by molar-refractivity contribution is -0.123. The number of hydrogen-bond acceptors (Lipinski definition) is 2. The van der Waals surface area contributed by atoms with E-state index in [0.29, 0.717) is 18.8 Å². The third-order valence-corrected chi connectivity index (χ3v) is 2.55. The summed E-state index contributed by atoms with van der Waals surface area (Å²) in [6.07, 6.45) is 1.87. The zero-order chi connectivity index (χ0) is 10.4. The Kier molecular flexibility index (Phi) is 5.35. The quantitative estimate of drug-likeness (QED) is 0.681. The maximum Gasteiger partial charge on any atom is 0.217 e. The Bertz CT molecular complexity index is 189. The smallest absolute Gasteiger partial charge is 0.217 e. The molecule has 0 spiro atoms. The van der Waals surface area contributed by atoms with Gasteiger partial charge in [-0.15, -0.1) is 0 Å². The number of rotatable bonds is 6. The molecule has 0 heterocycles. The highest BCUT2D eigenvalue weighted by Crippen LogP contribution is 2.21. The number of carbonyl (C=O) groups is 2. The number of nitrogens with two attached hydrogens (primary N) is 1. The molecule has 3 heteroatoms. The van der Waals surface area contributed by atoms with Crippen molar-refractivity contribution in [3.8, 4) is 0 Å². The maximum atomic E-state index is 11.2. The molecule has 0 fully saturated rings. The lowest BCUT2D eigenvalue weighted by atomic mass is 9.85. The predicted molar refractivity (Wildman–Crippen MR) is 52.1 cm³/mol. The standard InChI is InChI=1S/C10H19NO2/c1-4-7(2)9(8(3)12)5-6-10(11)13/h7,9H,4-6H2,1-3H3,(H2,11,13)/t7?,9-/m1/s1. The fourth-order valence-electron chi connectivity index (χ4n) is 1.47. The first-order valence-electron chi connectivity index (χ1n) is 4.77. The van der Waals surface area contributed by atoms with Gasteiger partial charge >= 0.3 is 0 Å². The van der Waals surface area contributed by atoms with Gasteiger partial charge in [-0.3, -0.25) is 9.59 Å². The Labute approximate surface area is 79.7 Å². The van der Waals surface area contributed by atoms with E-state index in [1.807, 2.05) is 13.8 Å². The number of primary amides is 1. The first-order chi connectivity index (χ1) is 5.99. The predicted octanol–water partition coefficient (Wildman–Crippen LogP) is 1.50. The summed E-state index contributed by atoms with van der Waals surface area (Å²) >= 11 is 0. The fraction of sp³-hybridized carbons (Fsp3) is 0.800. The van der Waals surface area contributed by atoms with Gasteiger partial charge in [0.25, 0.3) is 0 Å². The molecule has 3 nitrogen and oxygen atoms in total. The van der Waals surface area contributed by atoms with Crippen LogP contribution in [0, 0.1) is 11.8 Å². The van der Waals surface area contributed by atoms with Crippen LogP contribution < -0.4 is 5.73 Å². The van der Waals surface area contributed by atoms with Gasteiger partial charge in [0.2, 0.25) is 5.91 Å². The van der Waals surface area contributed by atoms with E-state index in [1.54, 1.807) is 6.92 Å². The first-order valence-corrected chi connectivity index (χ1v) is 4.77. The zero-order valence-electron chi connectivity index (χ0n) is 8.67. The molecular weight excluding hydrogens is 166 g/mol. The van der Waals surface area contributed by atoms with Crippen molar-refractivity contribution < 1.29 is 9.59 Å². The normalized spacial score (nSPS) is 15.0. The van der Waals surface area contributed by atoms with Crippen molar-refractivity contribution in [2.24, 2.45) is 17.6 Å². The topological polar surface area (TPSA) is 60.2 Å². The van der Waals surface area contributed by atoms with Crippen LogP contribution in [0.25, 0.3) is 0 Å². The van der Waals surface area contributed by atoms with Crippen molar-refractivity contribution >= 4 is 11.7 Å². The molecule has 1 amide bonds. The van der Waals surface area contributed by atoms with Gasteiger partial charge in [0, 0.05) is 12.3 Å². The van der Waals surface area contributed by atoms with Crippen LogP contribution in [0.15, 0.2) is 0 Å². The Morgan fingerprint density at radius 1 is 1.38 bits per heavy atom. The SMILES string of the molecule is CCC(C)[C@@H](CCC(N)=O)C(C)=O. The van der Waals surface area contributed by atoms with Gasteiger partial charge in [0.05, 0.1) is 0 Å². The Morgan fingerprint density at radius 3 is 2.23 bits per heavy atom. The van der Waals surface area contributed by atoms with E-state index in [0.717, 1.165) is 6.42 Å². The second kappa shape index (κ2) is 5.73. The lowest BCUT2D eigenvalue weighted by Gasteiger charge is -2.19. The molecule has 2 atom stereocenters. The van der Waals surface area contributed by atoms with E-state index in [9.17, 15) is 9.59 Å². The summed E-state index contributed by atoms with van der Waals surface area (Å²) in [4.78, 5) is 21.8. The van der Waals surface area contributed by atoms with Crippen molar-refractivity contribution in [3.05, 3.63) is 0 Å². The molecule has 2 N–H and O–H groups in total. The van der Waals surface area contributed by atoms with Gasteiger partial charge in [-0.1, -0.05) is 20.3 Å². The highest BCUT2D eigenvalue weighted by molar-refractivity contribution is 5.80. The van der Waals surface area contributed by atoms with Crippen LogP contribution in [0.4, 0.5) is 0 Å². The van der Waals surface area contributed by atoms with E-state index in [4.69, 9.17) is 5.73 Å². The summed E-state index contributed by atoms with van der Waals surface area (Å²) in [6.45, 7) is 5.66. The third-order valence-electron chi connectivity index (χ3n) is 2.55. The molecule has 0 bridgehead atoms. The molecule has 0 rings (SSSR count). The summed E-state index contributed by atoms with van der Waals surface area (Å²) in [5.41, 5.74) is 5.03. The van der Waals surface area contributed by atoms with E-state index in [2.05, 4.69) is 0 Å². The summed E-state index contributed by atoms with van der Waals surface area (Å²) in [6, 6.07) is 0. The monoisotopic (exact) mass is 185 g/mol. The molecule has 0 aliphatic heterocycles. The average molecular weight is 185 g/mol. The zero-order valence-corrected chi connectivity index (χ0v) is 8.67. The van der Waals surface area contributed by atoms with Gasteiger partial charge in [-0.2, -0.15) is 0 Å². The second-order valence-corrected chi connectivity index (χ2v) is 3.61. The Balaban J connectivity index is 4.10. The largest absolute Gasteiger partial charge is 0.370 e. The number of carbonyl (C=O) groups excluding carboxylic acids is 2. The number of Topliss-reactive ketones (excluding diaryl/α,β-unsaturated/α-hetero) is 1. The molecular formula is C10H19NO2. The molecule has 1 unspecified atom stereocenters. The Morgan fingerprint density at radius 2 is 1.92 bits per heavy atom. The average Bonchev–Trinajstić information content (AvgIpc) is 2.03. The van der Waals surface area contributed by atoms with Crippen LogP contribution in [0.1, 0.15) is 40.0 Å². The summed E-state index contributed by atoms with van der Waals surface area (Å²) < 4.78 is 0. The first kappa shape index (κ1) is 12.1. The third kappa shape index (κ3) is 4.65. The molecule has 0 saturated carbocycles. The molecule has 0 aromatic carbocycles. The van der Waals surface area contributed by atoms with E-state index in [-0.39, 0.29) is 17.6 Å². The number of amides is 1. The van der Waals surface area contributed by atoms with Crippen LogP contribution >= 0.6 is 0 Å². The number of hydrogen-bond donors (Lipinski definition) is 1. The minimum absolute atomic E-state index is 0.00231. The highest BCUT2D eigenvalue weighted by atomic mass is 16.1. The highest BCUT2D eigenvalue weighted by Gasteiger charge is 2.20. The lowest BCUT2D eigenvalue weighted by Crippen LogP contribution is -2.22. The fourth-order valence-corrected chi connectivity index (χ4v) is 1.47. The van der Waals surface area contributed by atoms with E-state index < -0.39 is 0 Å². The Hall–Kier alpha value is -0.860. The second-order valence-electron chi connectivity index (χ2n) is 3.61. The van der Waals surface area contributed by atoms with Crippen LogP contribution in [0.3, 0.4) is 0 Å². The van der Waals surface area contributed by atoms with Gasteiger partial charge in [-0.05, 0) is 19.3 Å². The van der Waals surface area contributed by atoms with Crippen LogP contribution in [-0.2, 0) is 9.59 Å². The van der Waals surface area contributed by atoms with Crippen molar-refractivity contribution in [3.63, 3.8) is 0 Å². The minimum atomic E-state index is -0.324. The van der Waals surface area contributed by atoms with Crippen molar-refractivity contribution in [1.29, 1.82) is 0 Å². The van der Waals surface area contributed by atoms with Crippen LogP contribution in [0.2, 0.25) is 0 Å². The summed E-state index contributed by atoms with van der Waals surface area (Å²) in [7, 11) is 0.